The van der Waals surface area contributed by atoms with E-state index >= 15 is 8.78 Å². The van der Waals surface area contributed by atoms with Crippen LogP contribution >= 0.6 is 0 Å². The molecule has 0 saturated carbocycles. The summed E-state index contributed by atoms with van der Waals surface area (Å²) in [5, 5.41) is 5.44. The van der Waals surface area contributed by atoms with Crippen molar-refractivity contribution in [1.82, 2.24) is 40.4 Å². The van der Waals surface area contributed by atoms with Gasteiger partial charge >= 0.3 is 12.2 Å². The fourth-order valence-electron chi connectivity index (χ4n) is 9.89. The molecule has 4 aliphatic rings. The van der Waals surface area contributed by atoms with Crippen LogP contribution in [0.1, 0.15) is 87.2 Å². The van der Waals surface area contributed by atoms with Gasteiger partial charge in [0.15, 0.2) is 0 Å². The van der Waals surface area contributed by atoms with Gasteiger partial charge in [0.1, 0.15) is 23.7 Å². The van der Waals surface area contributed by atoms with E-state index in [0.717, 1.165) is 18.4 Å². The van der Waals surface area contributed by atoms with Crippen LogP contribution in [0, 0.1) is 11.8 Å². The van der Waals surface area contributed by atoms with E-state index in [2.05, 4.69) is 25.6 Å². The van der Waals surface area contributed by atoms with Crippen molar-refractivity contribution in [2.24, 2.45) is 11.8 Å². The predicted molar refractivity (Wildman–Crippen MR) is 232 cm³/mol. The minimum atomic E-state index is -3.29. The SMILES string of the molecule is COC(=O)N[C@H](C(=O)N1CCCC1c1ncc(-c2ccc3c(c2)C(F)(F)c2cc(-c4ccc5nc([C@@H]6CCCN6C(=O)[C@@H](NC(=O)OC)C6CCOCC6)[nH]c5c4)ccc2-3)[nH]1)C(C)C. The second-order valence-electron chi connectivity index (χ2n) is 17.4. The maximum absolute atomic E-state index is 16.6. The number of alkyl halides is 2. The standard InChI is InChI=1S/C47H52F2N8O7/c1-25(2)39(54-45(60)62-3)43(58)56-17-5-7-37(56)41-50-24-36(53-41)29-10-13-31-30-12-9-27(21-32(30)47(48,49)33(31)22-29)28-11-14-34-35(23-28)52-42(51-34)38-8-6-18-57(38)44(59)40(55-46(61)63-4)26-15-19-64-20-16-26/h9-14,21-26,37-40H,5-8,15-20H2,1-4H3,(H,50,53)(H,51,52)(H,54,60)(H,55,61)/t37?,38-,39-,40-/m0/s1. The first-order valence-electron chi connectivity index (χ1n) is 22.0. The largest absolute Gasteiger partial charge is 0.453 e. The second-order valence-corrected chi connectivity index (χ2v) is 17.4. The first-order valence-corrected chi connectivity index (χ1v) is 22.0. The van der Waals surface area contributed by atoms with Gasteiger partial charge in [0.05, 0.1) is 49.2 Å². The molecule has 4 atom stereocenters. The van der Waals surface area contributed by atoms with Gasteiger partial charge < -0.3 is 44.6 Å². The summed E-state index contributed by atoms with van der Waals surface area (Å²) in [6.45, 7) is 5.74. The lowest BCUT2D eigenvalue weighted by atomic mass is 9.90. The van der Waals surface area contributed by atoms with E-state index in [4.69, 9.17) is 19.2 Å². The molecule has 3 aromatic carbocycles. The number of carbonyl (C=O) groups is 4. The smallest absolute Gasteiger partial charge is 0.407 e. The maximum atomic E-state index is 16.6. The molecule has 5 heterocycles. The molecule has 9 rings (SSSR count). The fraction of sp³-hybridized carbons (Fsp3) is 0.447. The summed E-state index contributed by atoms with van der Waals surface area (Å²) in [7, 11) is 2.53. The number of alkyl carbamates (subject to hydrolysis) is 2. The van der Waals surface area contributed by atoms with Crippen molar-refractivity contribution in [1.29, 1.82) is 0 Å². The molecule has 1 unspecified atom stereocenters. The van der Waals surface area contributed by atoms with E-state index in [0.29, 0.717) is 103 Å². The zero-order chi connectivity index (χ0) is 44.9. The molecule has 17 heteroatoms. The third-order valence-corrected chi connectivity index (χ3v) is 13.3. The number of fused-ring (bicyclic) bond motifs is 4. The van der Waals surface area contributed by atoms with Gasteiger partial charge in [-0.05, 0) is 96.9 Å². The number of likely N-dealkylation sites (tertiary alicyclic amines) is 2. The Kier molecular flexibility index (Phi) is 11.6. The van der Waals surface area contributed by atoms with Gasteiger partial charge in [-0.15, -0.1) is 0 Å². The van der Waals surface area contributed by atoms with Gasteiger partial charge in [-0.25, -0.2) is 19.6 Å². The zero-order valence-corrected chi connectivity index (χ0v) is 36.2. The van der Waals surface area contributed by atoms with E-state index < -0.39 is 30.2 Å². The number of halogens is 2. The van der Waals surface area contributed by atoms with E-state index in [1.54, 1.807) is 40.3 Å². The third kappa shape index (κ3) is 7.83. The minimum absolute atomic E-state index is 0.0875. The summed E-state index contributed by atoms with van der Waals surface area (Å²) < 4.78 is 48.3. The molecular formula is C47H52F2N8O7. The van der Waals surface area contributed by atoms with Crippen LogP contribution in [0.4, 0.5) is 18.4 Å². The number of hydrogen-bond donors (Lipinski definition) is 4. The van der Waals surface area contributed by atoms with Crippen molar-refractivity contribution in [2.75, 3.05) is 40.5 Å². The fourth-order valence-corrected chi connectivity index (χ4v) is 9.89. The first-order chi connectivity index (χ1) is 30.9. The van der Waals surface area contributed by atoms with Gasteiger partial charge in [-0.3, -0.25) is 9.59 Å². The molecule has 4 N–H and O–H groups in total. The molecule has 0 radical (unpaired) electrons. The topological polar surface area (TPSA) is 184 Å². The number of methoxy groups -OCH3 is 2. The molecule has 15 nitrogen and oxygen atoms in total. The number of amides is 4. The highest BCUT2D eigenvalue weighted by atomic mass is 19.3. The van der Waals surface area contributed by atoms with Crippen LogP contribution in [-0.4, -0.2) is 106 Å². The number of ether oxygens (including phenoxy) is 3. The number of nitrogens with zero attached hydrogens (tertiary/aromatic N) is 4. The van der Waals surface area contributed by atoms with Gasteiger partial charge in [-0.2, -0.15) is 8.78 Å². The van der Waals surface area contributed by atoms with Crippen LogP contribution in [0.15, 0.2) is 60.8 Å². The van der Waals surface area contributed by atoms with Crippen molar-refractivity contribution in [3.63, 3.8) is 0 Å². The van der Waals surface area contributed by atoms with Crippen molar-refractivity contribution >= 4 is 35.0 Å². The molecule has 64 heavy (non-hydrogen) atoms. The zero-order valence-electron chi connectivity index (χ0n) is 36.2. The Bertz CT molecular complexity index is 2600. The molecule has 0 spiro atoms. The number of carbonyl (C=O) groups excluding carboxylic acids is 4. The Morgan fingerprint density at radius 3 is 2.03 bits per heavy atom. The Morgan fingerprint density at radius 2 is 1.36 bits per heavy atom. The molecule has 3 saturated heterocycles. The molecule has 336 valence electrons. The maximum Gasteiger partial charge on any atom is 0.407 e. The van der Waals surface area contributed by atoms with Gasteiger partial charge in [-0.1, -0.05) is 44.2 Å². The highest BCUT2D eigenvalue weighted by molar-refractivity contribution is 5.89. The normalized spacial score (nSPS) is 20.2. The Hall–Kier alpha value is -6.36. The van der Waals surface area contributed by atoms with Gasteiger partial charge in [0.25, 0.3) is 5.92 Å². The van der Waals surface area contributed by atoms with Crippen LogP contribution in [0.3, 0.4) is 0 Å². The van der Waals surface area contributed by atoms with Crippen LogP contribution in [-0.2, 0) is 29.7 Å². The first kappa shape index (κ1) is 42.9. The highest BCUT2D eigenvalue weighted by Crippen LogP contribution is 2.53. The number of aromatic amines is 2. The van der Waals surface area contributed by atoms with E-state index in [1.165, 1.54) is 20.3 Å². The highest BCUT2D eigenvalue weighted by Gasteiger charge is 2.45. The van der Waals surface area contributed by atoms with Crippen LogP contribution in [0.5, 0.6) is 0 Å². The summed E-state index contributed by atoms with van der Waals surface area (Å²) in [4.78, 5) is 71.8. The van der Waals surface area contributed by atoms with Crippen LogP contribution in [0.25, 0.3) is 44.5 Å². The molecule has 3 fully saturated rings. The van der Waals surface area contributed by atoms with Crippen molar-refractivity contribution in [3.8, 4) is 33.5 Å². The molecule has 0 bridgehead atoms. The molecule has 2 aromatic heterocycles. The number of rotatable bonds is 10. The molecule has 5 aromatic rings. The number of imidazole rings is 2. The lowest BCUT2D eigenvalue weighted by molar-refractivity contribution is -0.137. The van der Waals surface area contributed by atoms with E-state index in [9.17, 15) is 19.2 Å². The molecule has 4 amide bonds. The predicted octanol–water partition coefficient (Wildman–Crippen LogP) is 7.60. The third-order valence-electron chi connectivity index (χ3n) is 13.3. The van der Waals surface area contributed by atoms with E-state index in [1.807, 2.05) is 38.1 Å². The van der Waals surface area contributed by atoms with Gasteiger partial charge in [0, 0.05) is 43.0 Å². The Balaban J connectivity index is 0.932. The Labute approximate surface area is 368 Å². The summed E-state index contributed by atoms with van der Waals surface area (Å²) in [6.07, 6.45) is 4.42. The van der Waals surface area contributed by atoms with Crippen LogP contribution in [0.2, 0.25) is 0 Å². The summed E-state index contributed by atoms with van der Waals surface area (Å²) in [5.74, 6) is -2.81. The van der Waals surface area contributed by atoms with Gasteiger partial charge in [0.2, 0.25) is 11.8 Å². The number of H-pyrrole nitrogens is 2. The second kappa shape index (κ2) is 17.3. The number of aromatic nitrogens is 4. The monoisotopic (exact) mass is 878 g/mol. The van der Waals surface area contributed by atoms with Crippen molar-refractivity contribution < 1.29 is 42.2 Å². The van der Waals surface area contributed by atoms with Crippen molar-refractivity contribution in [3.05, 3.63) is 83.6 Å². The van der Waals surface area contributed by atoms with Crippen molar-refractivity contribution in [2.45, 2.75) is 82.5 Å². The number of nitrogens with one attached hydrogen (secondary N) is 4. The van der Waals surface area contributed by atoms with E-state index in [-0.39, 0.29) is 46.9 Å². The lowest BCUT2D eigenvalue weighted by Gasteiger charge is -2.34. The number of hydrogen-bond acceptors (Lipinski definition) is 9. The molecular weight excluding hydrogens is 827 g/mol. The van der Waals surface area contributed by atoms with Crippen LogP contribution < -0.4 is 10.6 Å². The lowest BCUT2D eigenvalue weighted by Crippen LogP contribution is -2.53. The summed E-state index contributed by atoms with van der Waals surface area (Å²) in [6, 6.07) is 13.5. The molecule has 1 aliphatic carbocycles. The summed E-state index contributed by atoms with van der Waals surface area (Å²) in [5.41, 5.74) is 4.53. The number of benzene rings is 3. The average molecular weight is 879 g/mol. The average Bonchev–Trinajstić information content (AvgIpc) is 4.17. The summed E-state index contributed by atoms with van der Waals surface area (Å²) >= 11 is 0. The minimum Gasteiger partial charge on any atom is -0.453 e. The quantitative estimate of drug-likeness (QED) is 0.110. The molecule has 3 aliphatic heterocycles. The Morgan fingerprint density at radius 1 is 0.766 bits per heavy atom.